The van der Waals surface area contributed by atoms with Crippen LogP contribution in [-0.4, -0.2) is 17.2 Å². The average Bonchev–Trinajstić information content (AvgIpc) is 2.83. The lowest BCUT2D eigenvalue weighted by Crippen LogP contribution is -2.03. The minimum absolute atomic E-state index is 0.526. The zero-order valence-electron chi connectivity index (χ0n) is 9.88. The molecule has 1 aromatic carbocycles. The van der Waals surface area contributed by atoms with E-state index in [2.05, 4.69) is 4.98 Å². The van der Waals surface area contributed by atoms with Gasteiger partial charge in [0.05, 0.1) is 7.11 Å². The molecule has 1 N–H and O–H groups in total. The number of aromatic nitrogens is 1. The molecule has 0 aliphatic rings. The molecule has 0 amide bonds. The third kappa shape index (κ3) is 2.84. The number of aliphatic hydroxyl groups excluding tert-OH is 1. The molecule has 4 heteroatoms. The van der Waals surface area contributed by atoms with Gasteiger partial charge in [-0.05, 0) is 18.6 Å². The highest BCUT2D eigenvalue weighted by Crippen LogP contribution is 2.26. The third-order valence-electron chi connectivity index (χ3n) is 2.59. The van der Waals surface area contributed by atoms with Crippen LogP contribution < -0.4 is 4.74 Å². The maximum Gasteiger partial charge on any atom is 0.122 e. The molecule has 0 bridgehead atoms. The number of methoxy groups -OCH3 is 1. The molecule has 0 saturated heterocycles. The van der Waals surface area contributed by atoms with Crippen LogP contribution in [0.25, 0.3) is 0 Å². The second-order valence-corrected chi connectivity index (χ2v) is 4.83. The van der Waals surface area contributed by atoms with E-state index in [1.165, 1.54) is 11.3 Å². The van der Waals surface area contributed by atoms with E-state index in [4.69, 9.17) is 4.74 Å². The molecule has 0 fully saturated rings. The Hall–Kier alpha value is -1.39. The highest BCUT2D eigenvalue weighted by atomic mass is 32.1. The van der Waals surface area contributed by atoms with Crippen LogP contribution in [0.5, 0.6) is 5.75 Å². The second-order valence-electron chi connectivity index (χ2n) is 3.91. The topological polar surface area (TPSA) is 42.4 Å². The summed E-state index contributed by atoms with van der Waals surface area (Å²) in [5.74, 6) is 0.811. The molecular formula is C13H15NO2S. The second kappa shape index (κ2) is 5.29. The van der Waals surface area contributed by atoms with Crippen molar-refractivity contribution in [1.82, 2.24) is 4.98 Å². The van der Waals surface area contributed by atoms with E-state index in [1.807, 2.05) is 30.5 Å². The fraction of sp³-hybridized carbons (Fsp3) is 0.308. The van der Waals surface area contributed by atoms with Crippen molar-refractivity contribution in [3.8, 4) is 5.75 Å². The number of aryl methyl sites for hydroxylation is 1. The molecule has 90 valence electrons. The summed E-state index contributed by atoms with van der Waals surface area (Å²) in [5.41, 5.74) is 2.17. The summed E-state index contributed by atoms with van der Waals surface area (Å²) in [6.07, 6.45) is 1.67. The maximum atomic E-state index is 10.1. The van der Waals surface area contributed by atoms with Crippen molar-refractivity contribution in [1.29, 1.82) is 0 Å². The lowest BCUT2D eigenvalue weighted by atomic mass is 10.0. The van der Waals surface area contributed by atoms with Gasteiger partial charge in [0.2, 0.25) is 0 Å². The number of rotatable bonds is 4. The Bertz CT molecular complexity index is 482. The van der Waals surface area contributed by atoms with E-state index in [1.54, 1.807) is 13.3 Å². The Balaban J connectivity index is 2.20. The molecule has 1 heterocycles. The Morgan fingerprint density at radius 1 is 1.47 bits per heavy atom. The first kappa shape index (κ1) is 12.1. The smallest absolute Gasteiger partial charge is 0.122 e. The number of hydrogen-bond donors (Lipinski definition) is 1. The van der Waals surface area contributed by atoms with Crippen LogP contribution in [-0.2, 0) is 6.42 Å². The van der Waals surface area contributed by atoms with Crippen molar-refractivity contribution >= 4 is 11.3 Å². The van der Waals surface area contributed by atoms with Gasteiger partial charge in [0.15, 0.2) is 0 Å². The van der Waals surface area contributed by atoms with Crippen LogP contribution in [0, 0.1) is 6.92 Å². The van der Waals surface area contributed by atoms with Crippen molar-refractivity contribution in [2.75, 3.05) is 7.11 Å². The lowest BCUT2D eigenvalue weighted by Gasteiger charge is -2.12. The molecule has 17 heavy (non-hydrogen) atoms. The van der Waals surface area contributed by atoms with Gasteiger partial charge in [0.1, 0.15) is 16.9 Å². The maximum absolute atomic E-state index is 10.1. The van der Waals surface area contributed by atoms with Crippen LogP contribution in [0.2, 0.25) is 0 Å². The number of nitrogens with zero attached hydrogens (tertiary/aromatic N) is 1. The summed E-state index contributed by atoms with van der Waals surface area (Å²) in [5, 5.41) is 12.7. The van der Waals surface area contributed by atoms with Crippen molar-refractivity contribution in [2.24, 2.45) is 0 Å². The fourth-order valence-corrected chi connectivity index (χ4v) is 2.38. The summed E-state index contributed by atoms with van der Waals surface area (Å²) in [6, 6.07) is 5.97. The Morgan fingerprint density at radius 3 is 2.94 bits per heavy atom. The number of thiazole rings is 1. The SMILES string of the molecule is COc1ccc(C)cc1CC(O)c1nccs1. The van der Waals surface area contributed by atoms with Crippen molar-refractivity contribution in [3.05, 3.63) is 45.9 Å². The van der Waals surface area contributed by atoms with E-state index in [-0.39, 0.29) is 0 Å². The largest absolute Gasteiger partial charge is 0.496 e. The predicted molar refractivity (Wildman–Crippen MR) is 68.5 cm³/mol. The van der Waals surface area contributed by atoms with Gasteiger partial charge < -0.3 is 9.84 Å². The number of benzene rings is 1. The zero-order chi connectivity index (χ0) is 12.3. The van der Waals surface area contributed by atoms with Crippen LogP contribution in [0.3, 0.4) is 0 Å². The molecular weight excluding hydrogens is 234 g/mol. The summed E-state index contributed by atoms with van der Waals surface area (Å²) in [7, 11) is 1.64. The van der Waals surface area contributed by atoms with Gasteiger partial charge in [0, 0.05) is 18.0 Å². The number of aliphatic hydroxyl groups is 1. The summed E-state index contributed by atoms with van der Waals surface area (Å²) in [4.78, 5) is 4.12. The highest BCUT2D eigenvalue weighted by Gasteiger charge is 2.14. The molecule has 1 aromatic heterocycles. The summed E-state index contributed by atoms with van der Waals surface area (Å²) < 4.78 is 5.29. The monoisotopic (exact) mass is 249 g/mol. The minimum atomic E-state index is -0.564. The molecule has 0 radical (unpaired) electrons. The van der Waals surface area contributed by atoms with Gasteiger partial charge in [-0.1, -0.05) is 17.7 Å². The zero-order valence-corrected chi connectivity index (χ0v) is 10.7. The highest BCUT2D eigenvalue weighted by molar-refractivity contribution is 7.09. The van der Waals surface area contributed by atoms with E-state index in [0.29, 0.717) is 6.42 Å². The normalized spacial score (nSPS) is 12.4. The Labute approximate surface area is 105 Å². The molecule has 0 aliphatic heterocycles. The Kier molecular flexibility index (Phi) is 3.76. The van der Waals surface area contributed by atoms with Gasteiger partial charge >= 0.3 is 0 Å². The summed E-state index contributed by atoms with van der Waals surface area (Å²) in [6.45, 7) is 2.03. The molecule has 0 spiro atoms. The first-order valence-electron chi connectivity index (χ1n) is 5.41. The van der Waals surface area contributed by atoms with E-state index in [9.17, 15) is 5.11 Å². The van der Waals surface area contributed by atoms with Gasteiger partial charge in [-0.3, -0.25) is 0 Å². The van der Waals surface area contributed by atoms with E-state index in [0.717, 1.165) is 21.9 Å². The quantitative estimate of drug-likeness (QED) is 0.906. The van der Waals surface area contributed by atoms with Crippen LogP contribution in [0.4, 0.5) is 0 Å². The molecule has 0 aliphatic carbocycles. The van der Waals surface area contributed by atoms with E-state index >= 15 is 0 Å². The minimum Gasteiger partial charge on any atom is -0.496 e. The first-order valence-corrected chi connectivity index (χ1v) is 6.29. The number of hydrogen-bond acceptors (Lipinski definition) is 4. The fourth-order valence-electron chi connectivity index (χ4n) is 1.76. The molecule has 2 aromatic rings. The molecule has 1 atom stereocenters. The molecule has 2 rings (SSSR count). The van der Waals surface area contributed by atoms with Crippen LogP contribution in [0.15, 0.2) is 29.8 Å². The van der Waals surface area contributed by atoms with Crippen LogP contribution in [0.1, 0.15) is 22.2 Å². The first-order chi connectivity index (χ1) is 8.20. The standard InChI is InChI=1S/C13H15NO2S/c1-9-3-4-12(16-2)10(7-9)8-11(15)13-14-5-6-17-13/h3-7,11,15H,8H2,1-2H3. The molecule has 3 nitrogen and oxygen atoms in total. The third-order valence-corrected chi connectivity index (χ3v) is 3.46. The predicted octanol–water partition coefficient (Wildman–Crippen LogP) is 2.74. The summed E-state index contributed by atoms with van der Waals surface area (Å²) >= 11 is 1.47. The number of ether oxygens (including phenoxy) is 1. The lowest BCUT2D eigenvalue weighted by molar-refractivity contribution is 0.177. The van der Waals surface area contributed by atoms with Crippen LogP contribution >= 0.6 is 11.3 Å². The van der Waals surface area contributed by atoms with Crippen molar-refractivity contribution in [2.45, 2.75) is 19.4 Å². The van der Waals surface area contributed by atoms with E-state index < -0.39 is 6.10 Å². The van der Waals surface area contributed by atoms with Gasteiger partial charge in [0.25, 0.3) is 0 Å². The van der Waals surface area contributed by atoms with Crippen molar-refractivity contribution in [3.63, 3.8) is 0 Å². The molecule has 0 saturated carbocycles. The van der Waals surface area contributed by atoms with Gasteiger partial charge in [-0.2, -0.15) is 0 Å². The molecule has 1 unspecified atom stereocenters. The average molecular weight is 249 g/mol. The Morgan fingerprint density at radius 2 is 2.29 bits per heavy atom. The van der Waals surface area contributed by atoms with Crippen molar-refractivity contribution < 1.29 is 9.84 Å². The van der Waals surface area contributed by atoms with Gasteiger partial charge in [-0.25, -0.2) is 4.98 Å². The van der Waals surface area contributed by atoms with Gasteiger partial charge in [-0.15, -0.1) is 11.3 Å².